The van der Waals surface area contributed by atoms with Crippen LogP contribution in [-0.2, 0) is 4.79 Å². The molecule has 5 nitrogen and oxygen atoms in total. The van der Waals surface area contributed by atoms with Crippen LogP contribution in [0.2, 0.25) is 0 Å². The van der Waals surface area contributed by atoms with Crippen LogP contribution in [0, 0.1) is 0 Å². The molecule has 102 valence electrons. The van der Waals surface area contributed by atoms with Gasteiger partial charge in [0, 0.05) is 6.42 Å². The van der Waals surface area contributed by atoms with E-state index in [1.165, 1.54) is 0 Å². The second-order valence-corrected chi connectivity index (χ2v) is 6.25. The third-order valence-electron chi connectivity index (χ3n) is 3.75. The van der Waals surface area contributed by atoms with Gasteiger partial charge in [0.2, 0.25) is 5.78 Å². The molecule has 1 aliphatic rings. The largest absolute Gasteiger partial charge is 0.298 e. The Bertz CT molecular complexity index is 791. The van der Waals surface area contributed by atoms with Crippen molar-refractivity contribution in [2.24, 2.45) is 0 Å². The van der Waals surface area contributed by atoms with E-state index in [1.54, 1.807) is 11.8 Å². The quantitative estimate of drug-likeness (QED) is 0.787. The van der Waals surface area contributed by atoms with E-state index in [-0.39, 0.29) is 5.25 Å². The lowest BCUT2D eigenvalue weighted by atomic mass is 9.99. The number of aromatic nitrogens is 4. The zero-order chi connectivity index (χ0) is 13.5. The Morgan fingerprint density at radius 1 is 1.30 bits per heavy atom. The van der Waals surface area contributed by atoms with Crippen molar-refractivity contribution in [3.63, 3.8) is 0 Å². The van der Waals surface area contributed by atoms with Crippen molar-refractivity contribution in [3.05, 3.63) is 24.3 Å². The lowest BCUT2D eigenvalue weighted by molar-refractivity contribution is -0.119. The molecule has 1 aromatic carbocycles. The number of hydrogen-bond donors (Lipinski definition) is 1. The molecule has 0 bridgehead atoms. The normalized spacial score (nSPS) is 20.0. The van der Waals surface area contributed by atoms with Gasteiger partial charge in [-0.3, -0.25) is 9.20 Å². The Labute approximate surface area is 119 Å². The highest BCUT2D eigenvalue weighted by Crippen LogP contribution is 2.32. The Morgan fingerprint density at radius 3 is 3.10 bits per heavy atom. The van der Waals surface area contributed by atoms with E-state index >= 15 is 0 Å². The van der Waals surface area contributed by atoms with E-state index in [0.717, 1.165) is 41.2 Å². The second kappa shape index (κ2) is 4.63. The maximum absolute atomic E-state index is 12.0. The highest BCUT2D eigenvalue weighted by Gasteiger charge is 2.25. The summed E-state index contributed by atoms with van der Waals surface area (Å²) in [4.78, 5) is 16.5. The Morgan fingerprint density at radius 2 is 2.20 bits per heavy atom. The van der Waals surface area contributed by atoms with Crippen LogP contribution in [-0.4, -0.2) is 30.6 Å². The van der Waals surface area contributed by atoms with Crippen LogP contribution in [0.15, 0.2) is 29.4 Å². The molecule has 6 heteroatoms. The van der Waals surface area contributed by atoms with Gasteiger partial charge in [-0.05, 0) is 25.0 Å². The summed E-state index contributed by atoms with van der Waals surface area (Å²) in [5.74, 6) is 1.08. The predicted molar refractivity (Wildman–Crippen MR) is 78.0 cm³/mol. The number of aromatic amines is 1. The van der Waals surface area contributed by atoms with Crippen molar-refractivity contribution >= 4 is 34.4 Å². The van der Waals surface area contributed by atoms with Crippen molar-refractivity contribution in [1.29, 1.82) is 0 Å². The number of carbonyl (C=O) groups is 1. The maximum atomic E-state index is 12.0. The monoisotopic (exact) mass is 286 g/mol. The zero-order valence-corrected chi connectivity index (χ0v) is 11.7. The summed E-state index contributed by atoms with van der Waals surface area (Å²) in [6.45, 7) is 0. The number of H-pyrrole nitrogens is 1. The highest BCUT2D eigenvalue weighted by molar-refractivity contribution is 8.00. The summed E-state index contributed by atoms with van der Waals surface area (Å²) in [5.41, 5.74) is 1.97. The number of benzene rings is 1. The van der Waals surface area contributed by atoms with Gasteiger partial charge < -0.3 is 0 Å². The first kappa shape index (κ1) is 12.0. The summed E-state index contributed by atoms with van der Waals surface area (Å²) in [5, 5.41) is 8.14. The molecule has 1 fully saturated rings. The van der Waals surface area contributed by atoms with Crippen molar-refractivity contribution < 1.29 is 4.79 Å². The molecule has 20 heavy (non-hydrogen) atoms. The standard InChI is InChI=1S/C14H14N4OS/c19-11-7-3-4-8-12(11)20-14-17-16-13-15-9-5-1-2-6-10(9)18(13)14/h1-2,5-6,12H,3-4,7-8H2,(H,15,16). The number of fused-ring (bicyclic) bond motifs is 3. The van der Waals surface area contributed by atoms with Crippen LogP contribution in [0.5, 0.6) is 0 Å². The number of thioether (sulfide) groups is 1. The molecular formula is C14H14N4OS. The van der Waals surface area contributed by atoms with E-state index in [1.807, 2.05) is 28.7 Å². The van der Waals surface area contributed by atoms with Gasteiger partial charge >= 0.3 is 0 Å². The first-order valence-corrected chi connectivity index (χ1v) is 7.72. The van der Waals surface area contributed by atoms with Crippen LogP contribution in [0.1, 0.15) is 25.7 Å². The molecule has 0 spiro atoms. The van der Waals surface area contributed by atoms with E-state index in [4.69, 9.17) is 0 Å². The van der Waals surface area contributed by atoms with E-state index in [2.05, 4.69) is 15.2 Å². The molecule has 1 N–H and O–H groups in total. The molecule has 2 heterocycles. The third-order valence-corrected chi connectivity index (χ3v) is 5.02. The number of nitrogens with zero attached hydrogens (tertiary/aromatic N) is 3. The number of imidazole rings is 1. The number of carbonyl (C=O) groups excluding carboxylic acids is 1. The van der Waals surface area contributed by atoms with Gasteiger partial charge in [-0.1, -0.05) is 30.3 Å². The number of para-hydroxylation sites is 2. The Kier molecular flexibility index (Phi) is 2.77. The van der Waals surface area contributed by atoms with Crippen molar-refractivity contribution in [1.82, 2.24) is 19.6 Å². The van der Waals surface area contributed by atoms with E-state index in [0.29, 0.717) is 12.2 Å². The highest BCUT2D eigenvalue weighted by atomic mass is 32.2. The van der Waals surface area contributed by atoms with Crippen LogP contribution >= 0.6 is 11.8 Å². The molecular weight excluding hydrogens is 272 g/mol. The van der Waals surface area contributed by atoms with Crippen molar-refractivity contribution in [2.45, 2.75) is 36.1 Å². The minimum atomic E-state index is 0.0383. The average Bonchev–Trinajstić information content (AvgIpc) is 3.01. The molecule has 0 radical (unpaired) electrons. The number of nitrogens with one attached hydrogen (secondary N) is 1. The number of ketones is 1. The third kappa shape index (κ3) is 1.83. The lowest BCUT2D eigenvalue weighted by Crippen LogP contribution is -2.21. The fourth-order valence-electron chi connectivity index (χ4n) is 2.72. The minimum Gasteiger partial charge on any atom is -0.298 e. The molecule has 1 aliphatic carbocycles. The first-order valence-electron chi connectivity index (χ1n) is 6.84. The minimum absolute atomic E-state index is 0.0383. The summed E-state index contributed by atoms with van der Waals surface area (Å²) < 4.78 is 2.00. The molecule has 4 rings (SSSR count). The van der Waals surface area contributed by atoms with Gasteiger partial charge in [0.05, 0.1) is 16.3 Å². The molecule has 1 unspecified atom stereocenters. The molecule has 0 amide bonds. The van der Waals surface area contributed by atoms with Crippen LogP contribution in [0.3, 0.4) is 0 Å². The number of hydrogen-bond acceptors (Lipinski definition) is 4. The number of rotatable bonds is 2. The fourth-order valence-corrected chi connectivity index (χ4v) is 3.90. The second-order valence-electron chi connectivity index (χ2n) is 5.08. The summed E-state index contributed by atoms with van der Waals surface area (Å²) in [6, 6.07) is 7.97. The summed E-state index contributed by atoms with van der Waals surface area (Å²) in [7, 11) is 0. The molecule has 0 saturated heterocycles. The Balaban J connectivity index is 1.77. The van der Waals surface area contributed by atoms with Gasteiger partial charge in [-0.2, -0.15) is 0 Å². The first-order chi connectivity index (χ1) is 9.83. The molecule has 0 aliphatic heterocycles. The smallest absolute Gasteiger partial charge is 0.231 e. The topological polar surface area (TPSA) is 63.0 Å². The molecule has 1 atom stereocenters. The molecule has 2 aromatic heterocycles. The van der Waals surface area contributed by atoms with Gasteiger partial charge in [-0.15, -0.1) is 5.10 Å². The SMILES string of the molecule is O=C1CCCCC1Sc1n[nH]c2nc3ccccc3n12. The van der Waals surface area contributed by atoms with Gasteiger partial charge in [-0.25, -0.2) is 10.1 Å². The van der Waals surface area contributed by atoms with Crippen LogP contribution < -0.4 is 0 Å². The van der Waals surface area contributed by atoms with Gasteiger partial charge in [0.15, 0.2) is 5.16 Å². The molecule has 3 aromatic rings. The maximum Gasteiger partial charge on any atom is 0.231 e. The molecule has 1 saturated carbocycles. The Hall–Kier alpha value is -1.82. The van der Waals surface area contributed by atoms with E-state index in [9.17, 15) is 4.79 Å². The number of Topliss-reactive ketones (excluding diaryl/α,β-unsaturated/α-hetero) is 1. The van der Waals surface area contributed by atoms with Gasteiger partial charge in [0.25, 0.3) is 0 Å². The van der Waals surface area contributed by atoms with Crippen molar-refractivity contribution in [2.75, 3.05) is 0 Å². The average molecular weight is 286 g/mol. The van der Waals surface area contributed by atoms with Crippen molar-refractivity contribution in [3.8, 4) is 0 Å². The van der Waals surface area contributed by atoms with E-state index < -0.39 is 0 Å². The van der Waals surface area contributed by atoms with Crippen LogP contribution in [0.25, 0.3) is 16.8 Å². The zero-order valence-electron chi connectivity index (χ0n) is 10.9. The lowest BCUT2D eigenvalue weighted by Gasteiger charge is -2.18. The van der Waals surface area contributed by atoms with Gasteiger partial charge in [0.1, 0.15) is 5.78 Å². The summed E-state index contributed by atoms with van der Waals surface area (Å²) in [6.07, 6.45) is 3.81. The summed E-state index contributed by atoms with van der Waals surface area (Å²) >= 11 is 1.56. The fraction of sp³-hybridized carbons (Fsp3) is 0.357. The van der Waals surface area contributed by atoms with Crippen LogP contribution in [0.4, 0.5) is 0 Å². The predicted octanol–water partition coefficient (Wildman–Crippen LogP) is 2.81.